The van der Waals surface area contributed by atoms with Gasteiger partial charge in [-0.05, 0) is 12.8 Å². The van der Waals surface area contributed by atoms with Gasteiger partial charge in [0.1, 0.15) is 0 Å². The molecule has 2 amide bonds. The van der Waals surface area contributed by atoms with E-state index in [-0.39, 0.29) is 24.4 Å². The van der Waals surface area contributed by atoms with E-state index in [0.29, 0.717) is 6.54 Å². The number of rotatable bonds is 3. The van der Waals surface area contributed by atoms with Crippen LogP contribution in [0.4, 0.5) is 0 Å². The molecule has 5 heteroatoms. The number of likely N-dealkylation sites (tertiary alicyclic amines) is 1. The van der Waals surface area contributed by atoms with Gasteiger partial charge < -0.3 is 16.0 Å². The predicted molar refractivity (Wildman–Crippen MR) is 52.5 cm³/mol. The van der Waals surface area contributed by atoms with Crippen molar-refractivity contribution in [1.82, 2.24) is 10.2 Å². The number of carbonyl (C=O) groups excluding carboxylic acids is 2. The lowest BCUT2D eigenvalue weighted by Gasteiger charge is -2.24. The monoisotopic (exact) mass is 199 g/mol. The van der Waals surface area contributed by atoms with Crippen LogP contribution in [0.2, 0.25) is 0 Å². The molecule has 0 saturated carbocycles. The molecule has 0 aromatic carbocycles. The lowest BCUT2D eigenvalue weighted by atomic mass is 10.2. The van der Waals surface area contributed by atoms with Crippen molar-refractivity contribution in [3.05, 3.63) is 0 Å². The molecule has 0 spiro atoms. The van der Waals surface area contributed by atoms with Crippen molar-refractivity contribution in [2.24, 2.45) is 5.73 Å². The van der Waals surface area contributed by atoms with Crippen LogP contribution in [-0.4, -0.2) is 42.4 Å². The molecule has 1 fully saturated rings. The highest BCUT2D eigenvalue weighted by Gasteiger charge is 2.27. The van der Waals surface area contributed by atoms with Crippen LogP contribution in [0.3, 0.4) is 0 Å². The Morgan fingerprint density at radius 3 is 2.86 bits per heavy atom. The van der Waals surface area contributed by atoms with Gasteiger partial charge in [-0.3, -0.25) is 9.59 Å². The summed E-state index contributed by atoms with van der Waals surface area (Å²) < 4.78 is 0. The third-order valence-corrected chi connectivity index (χ3v) is 2.46. The molecule has 5 nitrogen and oxygen atoms in total. The number of nitrogens with zero attached hydrogens (tertiary/aromatic N) is 1. The van der Waals surface area contributed by atoms with Gasteiger partial charge in [0.05, 0.1) is 6.54 Å². The van der Waals surface area contributed by atoms with Crippen molar-refractivity contribution in [2.45, 2.75) is 25.8 Å². The van der Waals surface area contributed by atoms with Crippen molar-refractivity contribution in [3.8, 4) is 0 Å². The first-order chi connectivity index (χ1) is 6.65. The van der Waals surface area contributed by atoms with E-state index in [9.17, 15) is 9.59 Å². The number of nitrogens with one attached hydrogen (secondary N) is 1. The third-order valence-electron chi connectivity index (χ3n) is 2.46. The molecule has 1 saturated heterocycles. The second-order valence-corrected chi connectivity index (χ2v) is 3.52. The Bertz CT molecular complexity index is 230. The molecule has 3 N–H and O–H groups in total. The first kappa shape index (κ1) is 11.0. The molecular weight excluding hydrogens is 182 g/mol. The van der Waals surface area contributed by atoms with Gasteiger partial charge in [0.25, 0.3) is 0 Å². The zero-order valence-corrected chi connectivity index (χ0v) is 8.45. The van der Waals surface area contributed by atoms with E-state index < -0.39 is 0 Å². The van der Waals surface area contributed by atoms with Gasteiger partial charge in [0.2, 0.25) is 11.8 Å². The van der Waals surface area contributed by atoms with Gasteiger partial charge in [0.15, 0.2) is 0 Å². The van der Waals surface area contributed by atoms with E-state index in [0.717, 1.165) is 19.4 Å². The Balaban J connectivity index is 2.42. The average molecular weight is 199 g/mol. The molecule has 0 bridgehead atoms. The minimum atomic E-state index is -0.0583. The Labute approximate surface area is 83.6 Å². The summed E-state index contributed by atoms with van der Waals surface area (Å²) in [6.07, 6.45) is 1.95. The molecule has 14 heavy (non-hydrogen) atoms. The summed E-state index contributed by atoms with van der Waals surface area (Å²) in [5.74, 6) is -0.0881. The number of amides is 2. The SMILES string of the molecule is CC(=O)NCC1CCCN1C(=O)CN. The van der Waals surface area contributed by atoms with Crippen LogP contribution in [-0.2, 0) is 9.59 Å². The molecule has 0 radical (unpaired) electrons. The second kappa shape index (κ2) is 4.95. The highest BCUT2D eigenvalue weighted by molar-refractivity contribution is 5.79. The summed E-state index contributed by atoms with van der Waals surface area (Å²) in [6, 6.07) is 0.134. The van der Waals surface area contributed by atoms with Gasteiger partial charge >= 0.3 is 0 Å². The first-order valence-corrected chi connectivity index (χ1v) is 4.89. The molecule has 0 aromatic rings. The lowest BCUT2D eigenvalue weighted by Crippen LogP contribution is -2.44. The highest BCUT2D eigenvalue weighted by atomic mass is 16.2. The maximum atomic E-state index is 11.4. The Morgan fingerprint density at radius 1 is 1.57 bits per heavy atom. The summed E-state index contributed by atoms with van der Waals surface area (Å²) in [4.78, 5) is 23.8. The quantitative estimate of drug-likeness (QED) is 0.616. The average Bonchev–Trinajstić information content (AvgIpc) is 2.61. The van der Waals surface area contributed by atoms with E-state index in [1.165, 1.54) is 6.92 Å². The number of hydrogen-bond donors (Lipinski definition) is 2. The van der Waals surface area contributed by atoms with Gasteiger partial charge in [0, 0.05) is 26.1 Å². The molecule has 1 aliphatic rings. The van der Waals surface area contributed by atoms with Crippen molar-refractivity contribution < 1.29 is 9.59 Å². The molecule has 80 valence electrons. The fraction of sp³-hybridized carbons (Fsp3) is 0.778. The fourth-order valence-electron chi connectivity index (χ4n) is 1.76. The van der Waals surface area contributed by atoms with E-state index in [1.807, 2.05) is 0 Å². The van der Waals surface area contributed by atoms with E-state index >= 15 is 0 Å². The lowest BCUT2D eigenvalue weighted by molar-refractivity contribution is -0.131. The Morgan fingerprint density at radius 2 is 2.29 bits per heavy atom. The van der Waals surface area contributed by atoms with Gasteiger partial charge in [-0.2, -0.15) is 0 Å². The van der Waals surface area contributed by atoms with Gasteiger partial charge in [-0.15, -0.1) is 0 Å². The minimum Gasteiger partial charge on any atom is -0.354 e. The topological polar surface area (TPSA) is 75.4 Å². The van der Waals surface area contributed by atoms with Crippen molar-refractivity contribution in [2.75, 3.05) is 19.6 Å². The Kier molecular flexibility index (Phi) is 3.88. The van der Waals surface area contributed by atoms with E-state index in [4.69, 9.17) is 5.73 Å². The molecule has 1 atom stereocenters. The smallest absolute Gasteiger partial charge is 0.236 e. The molecule has 1 heterocycles. The van der Waals surface area contributed by atoms with Crippen LogP contribution in [0, 0.1) is 0 Å². The first-order valence-electron chi connectivity index (χ1n) is 4.89. The van der Waals surface area contributed by atoms with Crippen molar-refractivity contribution in [3.63, 3.8) is 0 Å². The molecule has 0 aliphatic carbocycles. The van der Waals surface area contributed by atoms with Gasteiger partial charge in [-0.25, -0.2) is 0 Å². The Hall–Kier alpha value is -1.10. The number of hydrogen-bond acceptors (Lipinski definition) is 3. The number of carbonyl (C=O) groups is 2. The van der Waals surface area contributed by atoms with Crippen LogP contribution >= 0.6 is 0 Å². The summed E-state index contributed by atoms with van der Waals surface area (Å²) in [7, 11) is 0. The molecular formula is C9H17N3O2. The summed E-state index contributed by atoms with van der Waals surface area (Å²) in [5.41, 5.74) is 5.29. The maximum Gasteiger partial charge on any atom is 0.236 e. The van der Waals surface area contributed by atoms with Crippen LogP contribution in [0.5, 0.6) is 0 Å². The summed E-state index contributed by atoms with van der Waals surface area (Å²) >= 11 is 0. The predicted octanol–water partition coefficient (Wildman–Crippen LogP) is -0.928. The van der Waals surface area contributed by atoms with E-state index in [1.54, 1.807) is 4.90 Å². The zero-order valence-electron chi connectivity index (χ0n) is 8.45. The molecule has 1 rings (SSSR count). The van der Waals surface area contributed by atoms with Crippen LogP contribution in [0.15, 0.2) is 0 Å². The van der Waals surface area contributed by atoms with Crippen molar-refractivity contribution >= 4 is 11.8 Å². The number of nitrogens with two attached hydrogens (primary N) is 1. The molecule has 1 unspecified atom stereocenters. The fourth-order valence-corrected chi connectivity index (χ4v) is 1.76. The second-order valence-electron chi connectivity index (χ2n) is 3.52. The van der Waals surface area contributed by atoms with Crippen LogP contribution in [0.1, 0.15) is 19.8 Å². The highest BCUT2D eigenvalue weighted by Crippen LogP contribution is 2.16. The summed E-state index contributed by atoms with van der Waals surface area (Å²) in [6.45, 7) is 2.84. The van der Waals surface area contributed by atoms with Crippen LogP contribution < -0.4 is 11.1 Å². The standard InChI is InChI=1S/C9H17N3O2/c1-7(13)11-6-8-3-2-4-12(8)9(14)5-10/h8H,2-6,10H2,1H3,(H,11,13). The van der Waals surface area contributed by atoms with Crippen molar-refractivity contribution in [1.29, 1.82) is 0 Å². The normalized spacial score (nSPS) is 21.0. The molecule has 0 aromatic heterocycles. The third kappa shape index (κ3) is 2.70. The maximum absolute atomic E-state index is 11.4. The van der Waals surface area contributed by atoms with E-state index in [2.05, 4.69) is 5.32 Å². The molecule has 1 aliphatic heterocycles. The zero-order chi connectivity index (χ0) is 10.6. The largest absolute Gasteiger partial charge is 0.354 e. The summed E-state index contributed by atoms with van der Waals surface area (Å²) in [5, 5.41) is 2.72. The van der Waals surface area contributed by atoms with Gasteiger partial charge in [-0.1, -0.05) is 0 Å². The van der Waals surface area contributed by atoms with Crippen LogP contribution in [0.25, 0.3) is 0 Å². The minimum absolute atomic E-state index is 0.0298.